The zero-order valence-electron chi connectivity index (χ0n) is 13.6. The van der Waals surface area contributed by atoms with Crippen molar-refractivity contribution in [1.82, 2.24) is 0 Å². The maximum Gasteiger partial charge on any atom is 0.159 e. The van der Waals surface area contributed by atoms with Crippen molar-refractivity contribution >= 4 is 20.4 Å². The monoisotopic (exact) mass is 424 g/mol. The van der Waals surface area contributed by atoms with Crippen molar-refractivity contribution in [2.24, 2.45) is 0 Å². The number of hydrogen-bond acceptors (Lipinski definition) is 1. The van der Waals surface area contributed by atoms with Crippen molar-refractivity contribution in [3.05, 3.63) is 72.8 Å². The Hall–Kier alpha value is -2.18. The van der Waals surface area contributed by atoms with E-state index in [0.29, 0.717) is 0 Å². The van der Waals surface area contributed by atoms with Crippen LogP contribution in [-0.4, -0.2) is 5.11 Å². The predicted octanol–water partition coefficient (Wildman–Crippen LogP) is 7.48. The van der Waals surface area contributed by atoms with Gasteiger partial charge in [0.15, 0.2) is 4.90 Å². The summed E-state index contributed by atoms with van der Waals surface area (Å²) in [5.41, 5.74) is 3.94. The standard InChI is InChI=1S/C18H14OS.F6P/c19-15-11-12-16(20)18(14-9-5-2-6-10-14)17(15)13-7-3-1-4-8-13;1-7(2,3,4,5)6/h1-12,19-20H;/q;-1/p+1. The average Bonchev–Trinajstić information content (AvgIpc) is 2.55. The van der Waals surface area contributed by atoms with E-state index in [0.717, 1.165) is 27.1 Å². The van der Waals surface area contributed by atoms with E-state index in [1.807, 2.05) is 66.7 Å². The minimum atomic E-state index is -10.7. The van der Waals surface area contributed by atoms with E-state index in [4.69, 9.17) is 0 Å². The first-order valence-electron chi connectivity index (χ1n) is 7.47. The largest absolute Gasteiger partial charge is 0.507 e. The molecule has 0 atom stereocenters. The van der Waals surface area contributed by atoms with Crippen LogP contribution in [0.5, 0.6) is 5.75 Å². The van der Waals surface area contributed by atoms with Crippen LogP contribution < -0.4 is 0 Å². The molecule has 0 aliphatic carbocycles. The molecule has 1 nitrogen and oxygen atoms in total. The number of aromatic hydroxyl groups is 1. The van der Waals surface area contributed by atoms with Crippen LogP contribution in [0.25, 0.3) is 22.3 Å². The smallest absolute Gasteiger partial charge is 0.159 e. The van der Waals surface area contributed by atoms with E-state index >= 15 is 0 Å². The molecule has 27 heavy (non-hydrogen) atoms. The molecule has 0 saturated heterocycles. The third-order valence-corrected chi connectivity index (χ3v) is 3.72. The number of benzene rings is 3. The Morgan fingerprint density at radius 2 is 0.963 bits per heavy atom. The second kappa shape index (κ2) is 6.77. The summed E-state index contributed by atoms with van der Waals surface area (Å²) in [5.74, 6) is 0.289. The van der Waals surface area contributed by atoms with E-state index in [1.54, 1.807) is 6.07 Å². The minimum Gasteiger partial charge on any atom is -0.507 e. The summed E-state index contributed by atoms with van der Waals surface area (Å²) in [4.78, 5) is 0.966. The quantitative estimate of drug-likeness (QED) is 0.257. The van der Waals surface area contributed by atoms with Crippen LogP contribution in [0.15, 0.2) is 77.7 Å². The van der Waals surface area contributed by atoms with Gasteiger partial charge in [-0.3, -0.25) is 0 Å². The number of phenols is 1. The topological polar surface area (TPSA) is 20.2 Å². The normalized spacial score (nSPS) is 13.7. The molecule has 3 aromatic carbocycles. The van der Waals surface area contributed by atoms with Crippen LogP contribution >= 0.6 is 7.81 Å². The molecule has 9 heteroatoms. The van der Waals surface area contributed by atoms with Gasteiger partial charge in [-0.15, -0.1) is 0 Å². The van der Waals surface area contributed by atoms with Gasteiger partial charge in [-0.25, -0.2) is 0 Å². The molecule has 3 aromatic rings. The van der Waals surface area contributed by atoms with Gasteiger partial charge in [-0.05, 0) is 35.9 Å². The molecule has 0 aromatic heterocycles. The Morgan fingerprint density at radius 3 is 1.37 bits per heavy atom. The summed E-state index contributed by atoms with van der Waals surface area (Å²) in [6.45, 7) is 0. The van der Waals surface area contributed by atoms with E-state index in [1.165, 1.54) is 0 Å². The Bertz CT molecular complexity index is 853. The first kappa shape index (κ1) is 21.1. The van der Waals surface area contributed by atoms with Gasteiger partial charge in [0.25, 0.3) is 0 Å². The molecule has 0 saturated carbocycles. The van der Waals surface area contributed by atoms with Crippen molar-refractivity contribution in [2.45, 2.75) is 4.90 Å². The van der Waals surface area contributed by atoms with Crippen molar-refractivity contribution in [1.29, 1.82) is 0 Å². The molecule has 146 valence electrons. The molecule has 0 unspecified atom stereocenters. The van der Waals surface area contributed by atoms with Gasteiger partial charge in [-0.2, -0.15) is 0 Å². The number of halogens is 6. The molecule has 3 rings (SSSR count). The van der Waals surface area contributed by atoms with Gasteiger partial charge < -0.3 is 5.11 Å². The second-order valence-electron chi connectivity index (χ2n) is 5.57. The number of rotatable bonds is 2. The number of hydrogen-bond donors (Lipinski definition) is 1. The molecule has 0 fully saturated rings. The van der Waals surface area contributed by atoms with Crippen LogP contribution in [0.2, 0.25) is 0 Å². The molecular weight excluding hydrogens is 409 g/mol. The molecule has 0 amide bonds. The van der Waals surface area contributed by atoms with Crippen LogP contribution in [0.3, 0.4) is 0 Å². The summed E-state index contributed by atoms with van der Waals surface area (Å²) in [7, 11) is -10.7. The summed E-state index contributed by atoms with van der Waals surface area (Å²) in [6, 6.07) is 23.6. The first-order chi connectivity index (χ1) is 12.2. The molecule has 0 aliphatic heterocycles. The fourth-order valence-electron chi connectivity index (χ4n) is 2.39. The van der Waals surface area contributed by atoms with E-state index in [2.05, 4.69) is 12.6 Å². The predicted molar refractivity (Wildman–Crippen MR) is 101 cm³/mol. The first-order valence-corrected chi connectivity index (χ1v) is 10.00. The fourth-order valence-corrected chi connectivity index (χ4v) is 2.75. The molecule has 0 spiro atoms. The van der Waals surface area contributed by atoms with Gasteiger partial charge in [0.2, 0.25) is 0 Å². The number of phenolic OH excluding ortho intramolecular Hbond substituents is 1. The molecule has 0 heterocycles. The molecule has 0 radical (unpaired) electrons. The Balaban J connectivity index is 0.000000321. The van der Waals surface area contributed by atoms with Gasteiger partial charge in [0.1, 0.15) is 5.75 Å². The van der Waals surface area contributed by atoms with E-state index < -0.39 is 7.81 Å². The third-order valence-electron chi connectivity index (χ3n) is 3.31. The summed E-state index contributed by atoms with van der Waals surface area (Å²) >= 11 is 3.66. The van der Waals surface area contributed by atoms with Crippen molar-refractivity contribution in [3.63, 3.8) is 0 Å². The SMILES string of the molecule is F[P-](F)(F)(F)(F)F.Oc1ccc([SH2+])c(-c2ccccc2)c1-c1ccccc1. The van der Waals surface area contributed by atoms with Gasteiger partial charge >= 0.3 is 33.0 Å². The third kappa shape index (κ3) is 7.53. The summed E-state index contributed by atoms with van der Waals surface area (Å²) < 4.78 is 59.2. The maximum absolute atomic E-state index is 10.7. The van der Waals surface area contributed by atoms with Gasteiger partial charge in [0, 0.05) is 11.1 Å². The Morgan fingerprint density at radius 1 is 0.593 bits per heavy atom. The molecule has 0 aliphatic rings. The van der Waals surface area contributed by atoms with Crippen molar-refractivity contribution in [2.75, 3.05) is 0 Å². The second-order valence-corrected chi connectivity index (χ2v) is 8.03. The Labute approximate surface area is 156 Å². The van der Waals surface area contributed by atoms with E-state index in [9.17, 15) is 30.3 Å². The van der Waals surface area contributed by atoms with Crippen LogP contribution in [0.1, 0.15) is 0 Å². The van der Waals surface area contributed by atoms with Crippen LogP contribution in [0, 0.1) is 0 Å². The minimum absolute atomic E-state index is 0.289. The fraction of sp³-hybridized carbons (Fsp3) is 0. The molecule has 1 N–H and O–H groups in total. The van der Waals surface area contributed by atoms with Crippen molar-refractivity contribution < 1.29 is 30.3 Å². The Kier molecular flexibility index (Phi) is 5.29. The van der Waals surface area contributed by atoms with Crippen molar-refractivity contribution in [3.8, 4) is 28.0 Å². The van der Waals surface area contributed by atoms with Crippen LogP contribution in [0.4, 0.5) is 25.2 Å². The molecule has 0 bridgehead atoms. The summed E-state index contributed by atoms with van der Waals surface area (Å²) in [5, 5.41) is 10.3. The van der Waals surface area contributed by atoms with Gasteiger partial charge in [0.05, 0.1) is 0 Å². The zero-order valence-corrected chi connectivity index (χ0v) is 15.5. The van der Waals surface area contributed by atoms with Gasteiger partial charge in [-0.1, -0.05) is 60.7 Å². The zero-order chi connectivity index (χ0) is 20.4. The maximum atomic E-state index is 10.3. The van der Waals surface area contributed by atoms with Crippen LogP contribution in [-0.2, 0) is 12.6 Å². The van der Waals surface area contributed by atoms with E-state index in [-0.39, 0.29) is 5.75 Å². The average molecular weight is 424 g/mol. The summed E-state index contributed by atoms with van der Waals surface area (Å²) in [6.07, 6.45) is 0. The molecular formula is C18H15F6OPS.